The third-order valence-corrected chi connectivity index (χ3v) is 4.83. The number of amides is 1. The molecule has 0 atom stereocenters. The minimum Gasteiger partial charge on any atom is -0.333 e. The third kappa shape index (κ3) is 1.96. The molecule has 1 fully saturated rings. The van der Waals surface area contributed by atoms with E-state index in [4.69, 9.17) is 0 Å². The Labute approximate surface area is 115 Å². The monoisotopic (exact) mass is 258 g/mol. The van der Waals surface area contributed by atoms with Crippen LogP contribution in [0.3, 0.4) is 0 Å². The lowest BCUT2D eigenvalue weighted by molar-refractivity contribution is -0.139. The number of carbonyl (C=O) groups excluding carboxylic acids is 1. The van der Waals surface area contributed by atoms with E-state index >= 15 is 0 Å². The second-order valence-electron chi connectivity index (χ2n) is 5.91. The first-order chi connectivity index (χ1) is 9.13. The van der Waals surface area contributed by atoms with Gasteiger partial charge in [0.2, 0.25) is 5.91 Å². The quantitative estimate of drug-likeness (QED) is 0.711. The third-order valence-electron chi connectivity index (χ3n) is 4.83. The molecule has 0 aliphatic carbocycles. The van der Waals surface area contributed by atoms with E-state index in [-0.39, 0.29) is 11.4 Å². The summed E-state index contributed by atoms with van der Waals surface area (Å²) < 4.78 is 0. The van der Waals surface area contributed by atoms with Crippen LogP contribution >= 0.6 is 0 Å². The lowest BCUT2D eigenvalue weighted by Gasteiger charge is -2.51. The highest BCUT2D eigenvalue weighted by Gasteiger charge is 2.45. The second kappa shape index (κ2) is 4.64. The Hall–Kier alpha value is -1.35. The number of hydrogen-bond donors (Lipinski definition) is 0. The van der Waals surface area contributed by atoms with E-state index in [0.29, 0.717) is 0 Å². The Bertz CT molecular complexity index is 489. The van der Waals surface area contributed by atoms with Crippen molar-refractivity contribution in [1.29, 1.82) is 0 Å². The molecular formula is C16H22N2O. The van der Waals surface area contributed by atoms with Gasteiger partial charge in [-0.05, 0) is 37.4 Å². The highest BCUT2D eigenvalue weighted by atomic mass is 16.2. The Morgan fingerprint density at radius 1 is 1.16 bits per heavy atom. The lowest BCUT2D eigenvalue weighted by atomic mass is 9.74. The summed E-state index contributed by atoms with van der Waals surface area (Å²) in [6.07, 6.45) is 3.10. The summed E-state index contributed by atoms with van der Waals surface area (Å²) in [5.41, 5.74) is 2.78. The first-order valence-electron chi connectivity index (χ1n) is 7.19. The SMILES string of the molecule is CC(=O)N1CCc2ccccc2C12CCN(C)CC2. The van der Waals surface area contributed by atoms with Crippen molar-refractivity contribution in [1.82, 2.24) is 9.80 Å². The summed E-state index contributed by atoms with van der Waals surface area (Å²) in [5, 5.41) is 0. The van der Waals surface area contributed by atoms with Crippen LogP contribution in [-0.2, 0) is 16.8 Å². The molecule has 1 aromatic rings. The zero-order valence-electron chi connectivity index (χ0n) is 11.9. The van der Waals surface area contributed by atoms with Crippen molar-refractivity contribution in [3.05, 3.63) is 35.4 Å². The molecule has 1 spiro atoms. The van der Waals surface area contributed by atoms with Crippen molar-refractivity contribution in [2.24, 2.45) is 0 Å². The smallest absolute Gasteiger partial charge is 0.220 e. The largest absolute Gasteiger partial charge is 0.333 e. The van der Waals surface area contributed by atoms with Gasteiger partial charge >= 0.3 is 0 Å². The fourth-order valence-electron chi connectivity index (χ4n) is 3.77. The Morgan fingerprint density at radius 3 is 2.53 bits per heavy atom. The Kier molecular flexibility index (Phi) is 3.09. The topological polar surface area (TPSA) is 23.6 Å². The van der Waals surface area contributed by atoms with Crippen LogP contribution in [0.5, 0.6) is 0 Å². The minimum atomic E-state index is -0.0484. The van der Waals surface area contributed by atoms with Crippen LogP contribution in [0.25, 0.3) is 0 Å². The van der Waals surface area contributed by atoms with Crippen molar-refractivity contribution < 1.29 is 4.79 Å². The number of hydrogen-bond acceptors (Lipinski definition) is 2. The average Bonchev–Trinajstić information content (AvgIpc) is 2.42. The molecule has 0 N–H and O–H groups in total. The van der Waals surface area contributed by atoms with Gasteiger partial charge in [-0.25, -0.2) is 0 Å². The molecule has 2 heterocycles. The molecule has 0 aromatic heterocycles. The van der Waals surface area contributed by atoms with Gasteiger partial charge in [-0.2, -0.15) is 0 Å². The first kappa shape index (κ1) is 12.7. The van der Waals surface area contributed by atoms with E-state index in [9.17, 15) is 4.79 Å². The van der Waals surface area contributed by atoms with Crippen LogP contribution in [0.2, 0.25) is 0 Å². The molecule has 0 bridgehead atoms. The van der Waals surface area contributed by atoms with Crippen molar-refractivity contribution >= 4 is 5.91 Å². The molecule has 2 aliphatic rings. The van der Waals surface area contributed by atoms with Gasteiger partial charge in [0.1, 0.15) is 0 Å². The predicted molar refractivity (Wildman–Crippen MR) is 75.9 cm³/mol. The molecule has 0 radical (unpaired) electrons. The van der Waals surface area contributed by atoms with Crippen molar-refractivity contribution in [3.8, 4) is 0 Å². The maximum absolute atomic E-state index is 12.1. The molecule has 1 aromatic carbocycles. The van der Waals surface area contributed by atoms with Gasteiger partial charge in [0.25, 0.3) is 0 Å². The van der Waals surface area contributed by atoms with E-state index < -0.39 is 0 Å². The highest BCUT2D eigenvalue weighted by Crippen LogP contribution is 2.43. The normalized spacial score (nSPS) is 22.3. The maximum atomic E-state index is 12.1. The van der Waals surface area contributed by atoms with Crippen LogP contribution in [-0.4, -0.2) is 42.4 Å². The van der Waals surface area contributed by atoms with E-state index in [1.54, 1.807) is 6.92 Å². The fourth-order valence-corrected chi connectivity index (χ4v) is 3.77. The molecule has 3 nitrogen and oxygen atoms in total. The minimum absolute atomic E-state index is 0.0484. The standard InChI is InChI=1S/C16H22N2O/c1-13(19)18-10-7-14-5-3-4-6-15(14)16(18)8-11-17(2)12-9-16/h3-6H,7-12H2,1-2H3. The van der Waals surface area contributed by atoms with Gasteiger partial charge in [0.05, 0.1) is 5.54 Å². The lowest BCUT2D eigenvalue weighted by Crippen LogP contribution is -2.57. The zero-order valence-corrected chi connectivity index (χ0v) is 11.9. The molecule has 0 saturated carbocycles. The molecule has 1 saturated heterocycles. The van der Waals surface area contributed by atoms with Crippen molar-refractivity contribution in [2.45, 2.75) is 31.7 Å². The van der Waals surface area contributed by atoms with Gasteiger partial charge < -0.3 is 9.80 Å². The maximum Gasteiger partial charge on any atom is 0.220 e. The van der Waals surface area contributed by atoms with Crippen LogP contribution in [0.15, 0.2) is 24.3 Å². The zero-order chi connectivity index (χ0) is 13.5. The number of nitrogens with zero attached hydrogens (tertiary/aromatic N) is 2. The highest BCUT2D eigenvalue weighted by molar-refractivity contribution is 5.75. The average molecular weight is 258 g/mol. The Balaban J connectivity index is 2.07. The summed E-state index contributed by atoms with van der Waals surface area (Å²) in [6.45, 7) is 4.72. The van der Waals surface area contributed by atoms with Gasteiger partial charge in [-0.1, -0.05) is 24.3 Å². The van der Waals surface area contributed by atoms with E-state index in [2.05, 4.69) is 41.1 Å². The number of likely N-dealkylation sites (tertiary alicyclic amines) is 1. The number of benzene rings is 1. The van der Waals surface area contributed by atoms with Gasteiger partial charge in [0.15, 0.2) is 0 Å². The van der Waals surface area contributed by atoms with E-state index in [1.165, 1.54) is 11.1 Å². The van der Waals surface area contributed by atoms with Gasteiger partial charge in [-0.15, -0.1) is 0 Å². The number of rotatable bonds is 0. The molecule has 3 rings (SSSR count). The summed E-state index contributed by atoms with van der Waals surface area (Å²) in [5.74, 6) is 0.221. The van der Waals surface area contributed by atoms with Crippen molar-refractivity contribution in [2.75, 3.05) is 26.7 Å². The molecule has 2 aliphatic heterocycles. The molecule has 102 valence electrons. The van der Waals surface area contributed by atoms with Crippen molar-refractivity contribution in [3.63, 3.8) is 0 Å². The molecule has 19 heavy (non-hydrogen) atoms. The molecular weight excluding hydrogens is 236 g/mol. The number of piperidine rings is 1. The first-order valence-corrected chi connectivity index (χ1v) is 7.19. The predicted octanol–water partition coefficient (Wildman–Crippen LogP) is 2.01. The summed E-state index contributed by atoms with van der Waals surface area (Å²) in [4.78, 5) is 16.6. The molecule has 3 heteroatoms. The van der Waals surface area contributed by atoms with E-state index in [0.717, 1.165) is 38.9 Å². The second-order valence-corrected chi connectivity index (χ2v) is 5.91. The van der Waals surface area contributed by atoms with Crippen LogP contribution in [0.1, 0.15) is 30.9 Å². The fraction of sp³-hybridized carbons (Fsp3) is 0.562. The summed E-state index contributed by atoms with van der Waals surface area (Å²) in [7, 11) is 2.17. The van der Waals surface area contributed by atoms with Gasteiger partial charge in [-0.3, -0.25) is 4.79 Å². The summed E-state index contributed by atoms with van der Waals surface area (Å²) in [6, 6.07) is 8.69. The van der Waals surface area contributed by atoms with Crippen LogP contribution in [0, 0.1) is 0 Å². The van der Waals surface area contributed by atoms with Gasteiger partial charge in [0, 0.05) is 26.6 Å². The van der Waals surface area contributed by atoms with Crippen LogP contribution in [0.4, 0.5) is 0 Å². The summed E-state index contributed by atoms with van der Waals surface area (Å²) >= 11 is 0. The molecule has 1 amide bonds. The van der Waals surface area contributed by atoms with Crippen LogP contribution < -0.4 is 0 Å². The molecule has 0 unspecified atom stereocenters. The van der Waals surface area contributed by atoms with E-state index in [1.807, 2.05) is 0 Å². The number of carbonyl (C=O) groups is 1. The number of fused-ring (bicyclic) bond motifs is 2. The Morgan fingerprint density at radius 2 is 1.84 bits per heavy atom.